The van der Waals surface area contributed by atoms with Crippen LogP contribution in [0, 0.1) is 0 Å². The van der Waals surface area contributed by atoms with Gasteiger partial charge >= 0.3 is 0 Å². The molecule has 2 saturated heterocycles. The number of amides is 2. The van der Waals surface area contributed by atoms with Crippen molar-refractivity contribution in [2.45, 2.75) is 24.9 Å². The summed E-state index contributed by atoms with van der Waals surface area (Å²) in [6, 6.07) is 7.57. The van der Waals surface area contributed by atoms with Crippen LogP contribution in [0.15, 0.2) is 24.3 Å². The molecule has 0 bridgehead atoms. The third-order valence-electron chi connectivity index (χ3n) is 4.01. The van der Waals surface area contributed by atoms with E-state index >= 15 is 0 Å². The molecule has 0 aromatic heterocycles. The molecule has 2 aliphatic rings. The van der Waals surface area contributed by atoms with Crippen LogP contribution in [-0.2, 0) is 16.1 Å². The van der Waals surface area contributed by atoms with Crippen LogP contribution in [0.25, 0.3) is 0 Å². The number of ether oxygens (including phenoxy) is 1. The number of carbonyl (C=O) groups excluding carboxylic acids is 2. The summed E-state index contributed by atoms with van der Waals surface area (Å²) >= 11 is 0. The number of nitrogens with one attached hydrogen (secondary N) is 1. The van der Waals surface area contributed by atoms with Crippen molar-refractivity contribution < 1.29 is 14.3 Å². The van der Waals surface area contributed by atoms with Crippen molar-refractivity contribution in [1.82, 2.24) is 10.2 Å². The number of hydrogen-bond acceptors (Lipinski definition) is 3. The van der Waals surface area contributed by atoms with E-state index in [1.54, 1.807) is 12.0 Å². The van der Waals surface area contributed by atoms with Crippen molar-refractivity contribution >= 4 is 11.8 Å². The first-order chi connectivity index (χ1) is 9.15. The second-order valence-electron chi connectivity index (χ2n) is 5.04. The molecule has 5 nitrogen and oxygen atoms in total. The first-order valence-corrected chi connectivity index (χ1v) is 6.37. The predicted molar refractivity (Wildman–Crippen MR) is 68.5 cm³/mol. The van der Waals surface area contributed by atoms with Crippen molar-refractivity contribution in [3.05, 3.63) is 29.8 Å². The van der Waals surface area contributed by atoms with Gasteiger partial charge in [0.1, 0.15) is 11.3 Å². The van der Waals surface area contributed by atoms with E-state index in [2.05, 4.69) is 5.32 Å². The van der Waals surface area contributed by atoms with Gasteiger partial charge in [0.25, 0.3) is 0 Å². The minimum atomic E-state index is -0.586. The highest BCUT2D eigenvalue weighted by atomic mass is 16.5. The lowest BCUT2D eigenvalue weighted by atomic mass is 9.82. The standard InChI is InChI=1S/C14H16N2O3/c1-19-11-4-2-10(3-5-11)9-16-12(17)8-14(16)6-7-15-13(14)18/h2-5H,6-9H2,1H3,(H,15,18). The maximum Gasteiger partial charge on any atom is 0.246 e. The fraction of sp³-hybridized carbons (Fsp3) is 0.429. The van der Waals surface area contributed by atoms with E-state index in [-0.39, 0.29) is 11.8 Å². The molecule has 2 heterocycles. The average Bonchev–Trinajstić information content (AvgIpc) is 2.81. The van der Waals surface area contributed by atoms with Crippen molar-refractivity contribution in [3.8, 4) is 5.75 Å². The Kier molecular flexibility index (Phi) is 2.69. The number of benzene rings is 1. The molecular formula is C14H16N2O3. The molecule has 2 fully saturated rings. The highest BCUT2D eigenvalue weighted by Gasteiger charge is 2.58. The molecular weight excluding hydrogens is 244 g/mol. The third kappa shape index (κ3) is 1.77. The Hall–Kier alpha value is -2.04. The zero-order valence-electron chi connectivity index (χ0n) is 10.8. The smallest absolute Gasteiger partial charge is 0.246 e. The number of carbonyl (C=O) groups is 2. The Morgan fingerprint density at radius 2 is 2.05 bits per heavy atom. The van der Waals surface area contributed by atoms with Gasteiger partial charge in [0.15, 0.2) is 0 Å². The monoisotopic (exact) mass is 260 g/mol. The van der Waals surface area contributed by atoms with Gasteiger partial charge in [-0.15, -0.1) is 0 Å². The molecule has 2 aliphatic heterocycles. The highest BCUT2D eigenvalue weighted by molar-refractivity contribution is 6.02. The molecule has 1 N–H and O–H groups in total. The van der Waals surface area contributed by atoms with E-state index in [1.165, 1.54) is 0 Å². The molecule has 0 radical (unpaired) electrons. The van der Waals surface area contributed by atoms with Gasteiger partial charge in [0.2, 0.25) is 11.8 Å². The van der Waals surface area contributed by atoms with Gasteiger partial charge in [-0.3, -0.25) is 9.59 Å². The van der Waals surface area contributed by atoms with Crippen molar-refractivity contribution in [1.29, 1.82) is 0 Å². The van der Waals surface area contributed by atoms with Gasteiger partial charge in [0.05, 0.1) is 13.5 Å². The number of hydrogen-bond donors (Lipinski definition) is 1. The molecule has 5 heteroatoms. The van der Waals surface area contributed by atoms with Gasteiger partial charge in [-0.2, -0.15) is 0 Å². The van der Waals surface area contributed by atoms with Crippen LogP contribution in [0.2, 0.25) is 0 Å². The van der Waals surface area contributed by atoms with Crippen LogP contribution in [0.1, 0.15) is 18.4 Å². The van der Waals surface area contributed by atoms with Crippen LogP contribution >= 0.6 is 0 Å². The predicted octanol–water partition coefficient (Wildman–Crippen LogP) is 0.686. The Morgan fingerprint density at radius 3 is 2.58 bits per heavy atom. The first kappa shape index (κ1) is 12.0. The molecule has 3 rings (SSSR count). The summed E-state index contributed by atoms with van der Waals surface area (Å²) in [6.07, 6.45) is 1.06. The molecule has 1 aromatic carbocycles. The maximum atomic E-state index is 11.9. The first-order valence-electron chi connectivity index (χ1n) is 6.37. The molecule has 0 saturated carbocycles. The number of β-lactam (4-membered cyclic amide) rings is 1. The zero-order valence-corrected chi connectivity index (χ0v) is 10.8. The zero-order chi connectivity index (χ0) is 13.5. The quantitative estimate of drug-likeness (QED) is 0.813. The molecule has 1 aromatic rings. The Bertz CT molecular complexity index is 526. The summed E-state index contributed by atoms with van der Waals surface area (Å²) in [5, 5.41) is 2.81. The van der Waals surface area contributed by atoms with Gasteiger partial charge in [-0.1, -0.05) is 12.1 Å². The highest BCUT2D eigenvalue weighted by Crippen LogP contribution is 2.39. The molecule has 19 heavy (non-hydrogen) atoms. The minimum absolute atomic E-state index is 0.0133. The average molecular weight is 260 g/mol. The summed E-state index contributed by atoms with van der Waals surface area (Å²) < 4.78 is 5.10. The SMILES string of the molecule is COc1ccc(CN2C(=O)CC23CCNC3=O)cc1. The van der Waals surface area contributed by atoms with E-state index < -0.39 is 5.54 Å². The number of methoxy groups -OCH3 is 1. The maximum absolute atomic E-state index is 11.9. The van der Waals surface area contributed by atoms with E-state index in [4.69, 9.17) is 4.74 Å². The van der Waals surface area contributed by atoms with Gasteiger partial charge in [-0.25, -0.2) is 0 Å². The Labute approximate surface area is 111 Å². The fourth-order valence-electron chi connectivity index (χ4n) is 2.83. The van der Waals surface area contributed by atoms with Crippen molar-refractivity contribution in [3.63, 3.8) is 0 Å². The largest absolute Gasteiger partial charge is 0.497 e. The molecule has 100 valence electrons. The lowest BCUT2D eigenvalue weighted by Gasteiger charge is -2.47. The summed E-state index contributed by atoms with van der Waals surface area (Å²) in [7, 11) is 1.62. The normalized spacial score (nSPS) is 25.4. The lowest BCUT2D eigenvalue weighted by Crippen LogP contribution is -2.66. The summed E-state index contributed by atoms with van der Waals surface area (Å²) in [4.78, 5) is 25.4. The molecule has 1 atom stereocenters. The Balaban J connectivity index is 1.77. The number of likely N-dealkylation sites (tertiary alicyclic amines) is 1. The summed E-state index contributed by atoms with van der Waals surface area (Å²) in [5.41, 5.74) is 0.421. The van der Waals surface area contributed by atoms with Crippen LogP contribution in [0.4, 0.5) is 0 Å². The lowest BCUT2D eigenvalue weighted by molar-refractivity contribution is -0.164. The van der Waals surface area contributed by atoms with Crippen molar-refractivity contribution in [2.24, 2.45) is 0 Å². The number of nitrogens with zero attached hydrogens (tertiary/aromatic N) is 1. The van der Waals surface area contributed by atoms with E-state index in [0.717, 1.165) is 11.3 Å². The van der Waals surface area contributed by atoms with E-state index in [1.807, 2.05) is 24.3 Å². The van der Waals surface area contributed by atoms with Gasteiger partial charge < -0.3 is 15.0 Å². The minimum Gasteiger partial charge on any atom is -0.497 e. The second kappa shape index (κ2) is 4.26. The summed E-state index contributed by atoms with van der Waals surface area (Å²) in [5.74, 6) is 0.820. The third-order valence-corrected chi connectivity index (χ3v) is 4.01. The molecule has 2 amide bonds. The second-order valence-corrected chi connectivity index (χ2v) is 5.04. The Morgan fingerprint density at radius 1 is 1.32 bits per heavy atom. The number of rotatable bonds is 3. The van der Waals surface area contributed by atoms with E-state index in [9.17, 15) is 9.59 Å². The van der Waals surface area contributed by atoms with Crippen LogP contribution < -0.4 is 10.1 Å². The van der Waals surface area contributed by atoms with Crippen LogP contribution in [0.3, 0.4) is 0 Å². The molecule has 1 spiro atoms. The van der Waals surface area contributed by atoms with Crippen molar-refractivity contribution in [2.75, 3.05) is 13.7 Å². The van der Waals surface area contributed by atoms with Crippen LogP contribution in [-0.4, -0.2) is 35.9 Å². The molecule has 1 unspecified atom stereocenters. The van der Waals surface area contributed by atoms with Gasteiger partial charge in [-0.05, 0) is 24.1 Å². The van der Waals surface area contributed by atoms with E-state index in [0.29, 0.717) is 25.9 Å². The van der Waals surface area contributed by atoms with Gasteiger partial charge in [0, 0.05) is 13.1 Å². The fourth-order valence-corrected chi connectivity index (χ4v) is 2.83. The van der Waals surface area contributed by atoms with Crippen LogP contribution in [0.5, 0.6) is 5.75 Å². The topological polar surface area (TPSA) is 58.6 Å². The molecule has 0 aliphatic carbocycles. The summed E-state index contributed by atoms with van der Waals surface area (Å²) in [6.45, 7) is 1.14.